The zero-order valence-corrected chi connectivity index (χ0v) is 11.4. The summed E-state index contributed by atoms with van der Waals surface area (Å²) in [6.07, 6.45) is 0. The smallest absolute Gasteiger partial charge is 0.387 e. The van der Waals surface area contributed by atoms with Gasteiger partial charge in [-0.05, 0) is 11.6 Å². The van der Waals surface area contributed by atoms with Gasteiger partial charge in [-0.1, -0.05) is 48.5 Å². The monoisotopic (exact) mass is 293 g/mol. The molecule has 21 heavy (non-hydrogen) atoms. The molecule has 0 amide bonds. The minimum atomic E-state index is -2.89. The van der Waals surface area contributed by atoms with E-state index in [1.54, 1.807) is 18.2 Å². The number of ether oxygens (including phenoxy) is 1. The number of nitrogens with one attached hydrogen (secondary N) is 1. The molecule has 112 valence electrons. The first-order valence-electron chi connectivity index (χ1n) is 6.62. The molecule has 0 aliphatic carbocycles. The Hall–Kier alpha value is -1.98. The van der Waals surface area contributed by atoms with Crippen LogP contribution in [-0.2, 0) is 6.54 Å². The van der Waals surface area contributed by atoms with Crippen molar-refractivity contribution in [2.24, 2.45) is 0 Å². The van der Waals surface area contributed by atoms with Gasteiger partial charge >= 0.3 is 6.61 Å². The van der Waals surface area contributed by atoms with E-state index in [1.807, 2.05) is 30.3 Å². The van der Waals surface area contributed by atoms with Gasteiger partial charge in [0.1, 0.15) is 5.75 Å². The highest BCUT2D eigenvalue weighted by Crippen LogP contribution is 2.26. The van der Waals surface area contributed by atoms with Gasteiger partial charge in [0.25, 0.3) is 0 Å². The molecule has 2 aromatic rings. The highest BCUT2D eigenvalue weighted by Gasteiger charge is 2.17. The van der Waals surface area contributed by atoms with Crippen LogP contribution in [0.15, 0.2) is 54.6 Å². The predicted molar refractivity (Wildman–Crippen MR) is 76.2 cm³/mol. The van der Waals surface area contributed by atoms with Crippen LogP contribution in [0.3, 0.4) is 0 Å². The van der Waals surface area contributed by atoms with Crippen molar-refractivity contribution in [3.05, 3.63) is 65.7 Å². The van der Waals surface area contributed by atoms with E-state index in [-0.39, 0.29) is 12.4 Å². The fourth-order valence-corrected chi connectivity index (χ4v) is 2.08. The van der Waals surface area contributed by atoms with E-state index in [1.165, 1.54) is 6.07 Å². The number of aliphatic hydroxyl groups is 1. The summed E-state index contributed by atoms with van der Waals surface area (Å²) in [5.74, 6) is 0.0760. The summed E-state index contributed by atoms with van der Waals surface area (Å²) < 4.78 is 29.3. The molecule has 0 spiro atoms. The van der Waals surface area contributed by atoms with Crippen LogP contribution >= 0.6 is 0 Å². The lowest BCUT2D eigenvalue weighted by molar-refractivity contribution is -0.0509. The van der Waals surface area contributed by atoms with Gasteiger partial charge in [0, 0.05) is 12.1 Å². The zero-order chi connectivity index (χ0) is 15.1. The summed E-state index contributed by atoms with van der Waals surface area (Å²) in [6.45, 7) is -2.58. The Morgan fingerprint density at radius 2 is 1.67 bits per heavy atom. The number of para-hydroxylation sites is 1. The van der Waals surface area contributed by atoms with Crippen LogP contribution in [0.2, 0.25) is 0 Å². The molecule has 1 unspecified atom stereocenters. The number of benzene rings is 2. The molecule has 0 aliphatic heterocycles. The fraction of sp³-hybridized carbons (Fsp3) is 0.250. The van der Waals surface area contributed by atoms with Crippen molar-refractivity contribution in [1.29, 1.82) is 0 Å². The van der Waals surface area contributed by atoms with Gasteiger partial charge in [0.05, 0.1) is 12.6 Å². The van der Waals surface area contributed by atoms with E-state index in [0.29, 0.717) is 12.1 Å². The molecule has 1 atom stereocenters. The first kappa shape index (κ1) is 15.4. The Morgan fingerprint density at radius 3 is 2.33 bits per heavy atom. The molecule has 0 aromatic heterocycles. The van der Waals surface area contributed by atoms with Crippen LogP contribution in [0.5, 0.6) is 5.75 Å². The summed E-state index contributed by atoms with van der Waals surface area (Å²) in [7, 11) is 0. The Bertz CT molecular complexity index is 549. The summed E-state index contributed by atoms with van der Waals surface area (Å²) in [5.41, 5.74) is 1.56. The van der Waals surface area contributed by atoms with Crippen molar-refractivity contribution in [2.45, 2.75) is 19.2 Å². The molecule has 5 heteroatoms. The minimum absolute atomic E-state index is 0.0760. The average molecular weight is 293 g/mol. The summed E-state index contributed by atoms with van der Waals surface area (Å²) in [4.78, 5) is 0. The van der Waals surface area contributed by atoms with Crippen molar-refractivity contribution < 1.29 is 18.6 Å². The van der Waals surface area contributed by atoms with Crippen LogP contribution in [-0.4, -0.2) is 18.3 Å². The quantitative estimate of drug-likeness (QED) is 0.824. The van der Waals surface area contributed by atoms with E-state index in [9.17, 15) is 13.9 Å². The predicted octanol–water partition coefficient (Wildman–Crippen LogP) is 3.11. The van der Waals surface area contributed by atoms with E-state index in [0.717, 1.165) is 5.56 Å². The maximum absolute atomic E-state index is 12.4. The molecule has 0 fully saturated rings. The number of hydrogen-bond acceptors (Lipinski definition) is 3. The maximum atomic E-state index is 12.4. The second kappa shape index (κ2) is 7.71. The molecule has 2 N–H and O–H groups in total. The van der Waals surface area contributed by atoms with Crippen LogP contribution in [0, 0.1) is 0 Å². The largest absolute Gasteiger partial charge is 0.434 e. The number of rotatable bonds is 7. The van der Waals surface area contributed by atoms with Crippen LogP contribution in [0.25, 0.3) is 0 Å². The van der Waals surface area contributed by atoms with Crippen LogP contribution in [0.1, 0.15) is 17.2 Å². The normalized spacial score (nSPS) is 12.4. The molecule has 0 saturated carbocycles. The number of hydrogen-bond donors (Lipinski definition) is 2. The summed E-state index contributed by atoms with van der Waals surface area (Å²) in [6, 6.07) is 15.6. The van der Waals surface area contributed by atoms with Crippen molar-refractivity contribution in [3.8, 4) is 5.75 Å². The van der Waals surface area contributed by atoms with E-state index >= 15 is 0 Å². The van der Waals surface area contributed by atoms with E-state index < -0.39 is 12.7 Å². The second-order valence-corrected chi connectivity index (χ2v) is 4.52. The van der Waals surface area contributed by atoms with Crippen molar-refractivity contribution >= 4 is 0 Å². The third kappa shape index (κ3) is 4.51. The van der Waals surface area contributed by atoms with E-state index in [2.05, 4.69) is 10.1 Å². The highest BCUT2D eigenvalue weighted by atomic mass is 19.3. The number of aliphatic hydroxyl groups excluding tert-OH is 1. The van der Waals surface area contributed by atoms with Gasteiger partial charge in [-0.15, -0.1) is 0 Å². The average Bonchev–Trinajstić information content (AvgIpc) is 2.50. The van der Waals surface area contributed by atoms with Gasteiger partial charge in [0.15, 0.2) is 0 Å². The SMILES string of the molecule is OCC(NCc1ccccc1)c1ccccc1OC(F)F. The standard InChI is InChI=1S/C16H17F2NO2/c17-16(18)21-15-9-5-4-8-13(15)14(11-20)19-10-12-6-2-1-3-7-12/h1-9,14,16,19-20H,10-11H2. The van der Waals surface area contributed by atoms with Crippen molar-refractivity contribution in [1.82, 2.24) is 5.32 Å². The van der Waals surface area contributed by atoms with Gasteiger partial charge in [-0.3, -0.25) is 0 Å². The lowest BCUT2D eigenvalue weighted by Crippen LogP contribution is -2.24. The molecule has 0 radical (unpaired) electrons. The Kier molecular flexibility index (Phi) is 5.66. The third-order valence-corrected chi connectivity index (χ3v) is 3.09. The number of halogens is 2. The topological polar surface area (TPSA) is 41.5 Å². The summed E-state index contributed by atoms with van der Waals surface area (Å²) in [5, 5.41) is 12.7. The Morgan fingerprint density at radius 1 is 1.00 bits per heavy atom. The molecule has 0 bridgehead atoms. The van der Waals surface area contributed by atoms with Crippen LogP contribution < -0.4 is 10.1 Å². The van der Waals surface area contributed by atoms with Gasteiger partial charge in [-0.2, -0.15) is 8.78 Å². The zero-order valence-electron chi connectivity index (χ0n) is 11.4. The molecule has 0 aliphatic rings. The second-order valence-electron chi connectivity index (χ2n) is 4.52. The Balaban J connectivity index is 2.10. The molecule has 0 heterocycles. The van der Waals surface area contributed by atoms with Gasteiger partial charge in [-0.25, -0.2) is 0 Å². The van der Waals surface area contributed by atoms with Gasteiger partial charge < -0.3 is 15.2 Å². The molecular formula is C16H17F2NO2. The van der Waals surface area contributed by atoms with Gasteiger partial charge in [0.2, 0.25) is 0 Å². The number of alkyl halides is 2. The van der Waals surface area contributed by atoms with E-state index in [4.69, 9.17) is 0 Å². The first-order chi connectivity index (χ1) is 10.2. The maximum Gasteiger partial charge on any atom is 0.387 e. The molecule has 2 rings (SSSR count). The summed E-state index contributed by atoms with van der Waals surface area (Å²) >= 11 is 0. The highest BCUT2D eigenvalue weighted by molar-refractivity contribution is 5.36. The molecule has 0 saturated heterocycles. The molecular weight excluding hydrogens is 276 g/mol. The molecule has 2 aromatic carbocycles. The minimum Gasteiger partial charge on any atom is -0.434 e. The van der Waals surface area contributed by atoms with Crippen molar-refractivity contribution in [3.63, 3.8) is 0 Å². The van der Waals surface area contributed by atoms with Crippen molar-refractivity contribution in [2.75, 3.05) is 6.61 Å². The third-order valence-electron chi connectivity index (χ3n) is 3.09. The fourth-order valence-electron chi connectivity index (χ4n) is 2.08. The van der Waals surface area contributed by atoms with Crippen LogP contribution in [0.4, 0.5) is 8.78 Å². The lowest BCUT2D eigenvalue weighted by Gasteiger charge is -2.20. The first-order valence-corrected chi connectivity index (χ1v) is 6.62. The Labute approximate surface area is 122 Å². The lowest BCUT2D eigenvalue weighted by atomic mass is 10.1. The molecule has 3 nitrogen and oxygen atoms in total.